The molecule has 0 aliphatic heterocycles. The maximum Gasteiger partial charge on any atom is 0.256 e. The first kappa shape index (κ1) is 11.3. The van der Waals surface area contributed by atoms with Crippen LogP contribution in [0.25, 0.3) is 0 Å². The number of thioether (sulfide) groups is 1. The van der Waals surface area contributed by atoms with Gasteiger partial charge in [-0.25, -0.2) is 4.98 Å². The van der Waals surface area contributed by atoms with Crippen molar-refractivity contribution in [1.29, 1.82) is 0 Å². The monoisotopic (exact) mass is 238 g/mol. The highest BCUT2D eigenvalue weighted by Crippen LogP contribution is 2.34. The van der Waals surface area contributed by atoms with Crippen molar-refractivity contribution in [3.63, 3.8) is 0 Å². The molecule has 5 heteroatoms. The minimum atomic E-state index is 0.0486. The van der Waals surface area contributed by atoms with Crippen LogP contribution in [0.15, 0.2) is 32.5 Å². The van der Waals surface area contributed by atoms with Gasteiger partial charge in [-0.15, -0.1) is 0 Å². The molecule has 2 aromatic heterocycles. The van der Waals surface area contributed by atoms with Gasteiger partial charge in [0.05, 0.1) is 17.2 Å². The molecule has 86 valence electrons. The van der Waals surface area contributed by atoms with E-state index in [0.29, 0.717) is 11.8 Å². The SMILES string of the molecule is Cc1nc(SC(CN)c2ccco2)oc1C. The van der Waals surface area contributed by atoms with Gasteiger partial charge in [-0.3, -0.25) is 0 Å². The molecule has 0 saturated heterocycles. The molecule has 1 unspecified atom stereocenters. The summed E-state index contributed by atoms with van der Waals surface area (Å²) in [5.41, 5.74) is 6.62. The molecule has 0 spiro atoms. The fourth-order valence-corrected chi connectivity index (χ4v) is 2.26. The van der Waals surface area contributed by atoms with Gasteiger partial charge in [0.25, 0.3) is 5.22 Å². The Morgan fingerprint density at radius 1 is 1.50 bits per heavy atom. The van der Waals surface area contributed by atoms with E-state index in [1.807, 2.05) is 26.0 Å². The van der Waals surface area contributed by atoms with Crippen LogP contribution >= 0.6 is 11.8 Å². The molecule has 1 atom stereocenters. The molecule has 2 aromatic rings. The zero-order valence-electron chi connectivity index (χ0n) is 9.27. The molecule has 4 nitrogen and oxygen atoms in total. The van der Waals surface area contributed by atoms with Crippen LogP contribution in [0.1, 0.15) is 22.5 Å². The quantitative estimate of drug-likeness (QED) is 0.829. The lowest BCUT2D eigenvalue weighted by Crippen LogP contribution is -2.08. The molecular weight excluding hydrogens is 224 g/mol. The predicted octanol–water partition coefficient (Wildman–Crippen LogP) is 2.68. The average molecular weight is 238 g/mol. The lowest BCUT2D eigenvalue weighted by atomic mass is 10.3. The van der Waals surface area contributed by atoms with Crippen LogP contribution in [0.4, 0.5) is 0 Å². The largest absolute Gasteiger partial charge is 0.468 e. The second-order valence-electron chi connectivity index (χ2n) is 3.48. The highest BCUT2D eigenvalue weighted by molar-refractivity contribution is 7.99. The van der Waals surface area contributed by atoms with Gasteiger partial charge in [0.15, 0.2) is 0 Å². The number of aryl methyl sites for hydroxylation is 2. The third kappa shape index (κ3) is 2.31. The normalized spacial score (nSPS) is 12.9. The van der Waals surface area contributed by atoms with Gasteiger partial charge in [0.2, 0.25) is 0 Å². The maximum atomic E-state index is 5.71. The molecule has 2 heterocycles. The van der Waals surface area contributed by atoms with Gasteiger partial charge in [0.1, 0.15) is 11.5 Å². The van der Waals surface area contributed by atoms with E-state index in [0.717, 1.165) is 17.2 Å². The van der Waals surface area contributed by atoms with E-state index in [1.54, 1.807) is 6.26 Å². The number of furan rings is 1. The topological polar surface area (TPSA) is 65.2 Å². The van der Waals surface area contributed by atoms with Crippen LogP contribution in [0.2, 0.25) is 0 Å². The number of aromatic nitrogens is 1. The summed E-state index contributed by atoms with van der Waals surface area (Å²) in [4.78, 5) is 4.31. The second-order valence-corrected chi connectivity index (χ2v) is 4.63. The van der Waals surface area contributed by atoms with Crippen molar-refractivity contribution < 1.29 is 8.83 Å². The van der Waals surface area contributed by atoms with Crippen LogP contribution in [-0.2, 0) is 0 Å². The van der Waals surface area contributed by atoms with Crippen molar-refractivity contribution in [2.45, 2.75) is 24.3 Å². The van der Waals surface area contributed by atoms with Gasteiger partial charge in [-0.1, -0.05) is 11.8 Å². The second kappa shape index (κ2) is 4.76. The average Bonchev–Trinajstić information content (AvgIpc) is 2.86. The van der Waals surface area contributed by atoms with Gasteiger partial charge < -0.3 is 14.6 Å². The Morgan fingerprint density at radius 3 is 2.81 bits per heavy atom. The first-order valence-electron chi connectivity index (χ1n) is 5.05. The lowest BCUT2D eigenvalue weighted by Gasteiger charge is -2.07. The summed E-state index contributed by atoms with van der Waals surface area (Å²) in [6.45, 7) is 4.31. The van der Waals surface area contributed by atoms with Gasteiger partial charge in [-0.05, 0) is 26.0 Å². The molecule has 0 aliphatic carbocycles. The Labute approximate surface area is 98.2 Å². The van der Waals surface area contributed by atoms with Crippen molar-refractivity contribution in [2.24, 2.45) is 5.73 Å². The summed E-state index contributed by atoms with van der Waals surface area (Å²) in [7, 11) is 0. The highest BCUT2D eigenvalue weighted by Gasteiger charge is 2.17. The van der Waals surface area contributed by atoms with Crippen LogP contribution in [0.5, 0.6) is 0 Å². The maximum absolute atomic E-state index is 5.71. The molecule has 0 bridgehead atoms. The Kier molecular flexibility index (Phi) is 3.36. The number of oxazole rings is 1. The van der Waals surface area contributed by atoms with Crippen molar-refractivity contribution in [3.8, 4) is 0 Å². The summed E-state index contributed by atoms with van der Waals surface area (Å²) in [6, 6.07) is 3.76. The molecule has 0 aliphatic rings. The Bertz CT molecular complexity index is 431. The summed E-state index contributed by atoms with van der Waals surface area (Å²) in [6.07, 6.45) is 1.64. The number of rotatable bonds is 4. The summed E-state index contributed by atoms with van der Waals surface area (Å²) in [5, 5.41) is 0.689. The van der Waals surface area contributed by atoms with E-state index in [2.05, 4.69) is 4.98 Å². The van der Waals surface area contributed by atoms with E-state index in [-0.39, 0.29) is 5.25 Å². The summed E-state index contributed by atoms with van der Waals surface area (Å²) >= 11 is 1.48. The minimum absolute atomic E-state index is 0.0486. The fourth-order valence-electron chi connectivity index (χ4n) is 1.31. The van der Waals surface area contributed by atoms with Crippen molar-refractivity contribution in [2.75, 3.05) is 6.54 Å². The van der Waals surface area contributed by atoms with E-state index < -0.39 is 0 Å². The zero-order chi connectivity index (χ0) is 11.5. The number of nitrogens with zero attached hydrogens (tertiary/aromatic N) is 1. The van der Waals surface area contributed by atoms with Crippen molar-refractivity contribution in [3.05, 3.63) is 35.6 Å². The van der Waals surface area contributed by atoms with Crippen LogP contribution in [-0.4, -0.2) is 11.5 Å². The smallest absolute Gasteiger partial charge is 0.256 e. The van der Waals surface area contributed by atoms with Crippen LogP contribution in [0.3, 0.4) is 0 Å². The van der Waals surface area contributed by atoms with Gasteiger partial charge in [0, 0.05) is 6.54 Å². The molecule has 0 saturated carbocycles. The summed E-state index contributed by atoms with van der Waals surface area (Å²) < 4.78 is 10.8. The predicted molar refractivity (Wildman–Crippen MR) is 62.3 cm³/mol. The van der Waals surface area contributed by atoms with Crippen molar-refractivity contribution >= 4 is 11.8 Å². The molecule has 2 rings (SSSR count). The van der Waals surface area contributed by atoms with E-state index in [9.17, 15) is 0 Å². The van der Waals surface area contributed by atoms with Crippen LogP contribution < -0.4 is 5.73 Å². The Hall–Kier alpha value is -1.20. The number of nitrogens with two attached hydrogens (primary N) is 1. The molecular formula is C11H14N2O2S. The van der Waals surface area contributed by atoms with Crippen LogP contribution in [0, 0.1) is 13.8 Å². The first-order chi connectivity index (χ1) is 7.70. The summed E-state index contributed by atoms with van der Waals surface area (Å²) in [5.74, 6) is 1.69. The standard InChI is InChI=1S/C11H14N2O2S/c1-7-8(2)15-11(13-7)16-10(6-12)9-4-3-5-14-9/h3-5,10H,6,12H2,1-2H3. The highest BCUT2D eigenvalue weighted by atomic mass is 32.2. The van der Waals surface area contributed by atoms with Gasteiger partial charge in [-0.2, -0.15) is 0 Å². The third-order valence-electron chi connectivity index (χ3n) is 2.33. The third-order valence-corrected chi connectivity index (χ3v) is 3.41. The number of hydrogen-bond donors (Lipinski definition) is 1. The van der Waals surface area contributed by atoms with E-state index >= 15 is 0 Å². The van der Waals surface area contributed by atoms with Crippen molar-refractivity contribution in [1.82, 2.24) is 4.98 Å². The van der Waals surface area contributed by atoms with E-state index in [1.165, 1.54) is 11.8 Å². The first-order valence-corrected chi connectivity index (χ1v) is 5.93. The van der Waals surface area contributed by atoms with E-state index in [4.69, 9.17) is 14.6 Å². The Morgan fingerprint density at radius 2 is 2.31 bits per heavy atom. The molecule has 0 amide bonds. The molecule has 0 radical (unpaired) electrons. The molecule has 2 N–H and O–H groups in total. The molecule has 0 aromatic carbocycles. The minimum Gasteiger partial charge on any atom is -0.468 e. The van der Waals surface area contributed by atoms with Gasteiger partial charge >= 0.3 is 0 Å². The Balaban J connectivity index is 2.13. The molecule has 16 heavy (non-hydrogen) atoms. The fraction of sp³-hybridized carbons (Fsp3) is 0.364. The zero-order valence-corrected chi connectivity index (χ0v) is 10.1. The lowest BCUT2D eigenvalue weighted by molar-refractivity contribution is 0.428. The number of hydrogen-bond acceptors (Lipinski definition) is 5. The molecule has 0 fully saturated rings.